The van der Waals surface area contributed by atoms with Gasteiger partial charge in [0.2, 0.25) is 5.89 Å². The molecule has 1 unspecified atom stereocenters. The summed E-state index contributed by atoms with van der Waals surface area (Å²) in [6, 6.07) is 6.58. The fourth-order valence-electron chi connectivity index (χ4n) is 2.03. The Bertz CT molecular complexity index is 674. The number of ether oxygens (including phenoxy) is 1. The first-order valence-electron chi connectivity index (χ1n) is 7.76. The summed E-state index contributed by atoms with van der Waals surface area (Å²) in [7, 11) is 1.63. The molecule has 1 aromatic carbocycles. The highest BCUT2D eigenvalue weighted by molar-refractivity contribution is 5.79. The lowest BCUT2D eigenvalue weighted by molar-refractivity contribution is 0.0683. The topological polar surface area (TPSA) is 84.6 Å². The van der Waals surface area contributed by atoms with Crippen molar-refractivity contribution >= 4 is 5.96 Å². The summed E-state index contributed by atoms with van der Waals surface area (Å²) in [4.78, 5) is 8.34. The van der Waals surface area contributed by atoms with E-state index >= 15 is 0 Å². The van der Waals surface area contributed by atoms with Crippen LogP contribution in [-0.4, -0.2) is 29.8 Å². The van der Waals surface area contributed by atoms with E-state index < -0.39 is 0 Å². The monoisotopic (exact) mass is 335 g/mol. The van der Waals surface area contributed by atoms with Crippen LogP contribution in [0.2, 0.25) is 0 Å². The molecule has 1 aromatic heterocycles. The van der Waals surface area contributed by atoms with Crippen LogP contribution in [0.25, 0.3) is 0 Å². The quantitative estimate of drug-likeness (QED) is 0.596. The Kier molecular flexibility index (Phi) is 6.68. The largest absolute Gasteiger partial charge is 0.371 e. The van der Waals surface area contributed by atoms with Crippen molar-refractivity contribution in [1.82, 2.24) is 20.8 Å². The second kappa shape index (κ2) is 8.97. The highest BCUT2D eigenvalue weighted by Gasteiger charge is 2.13. The van der Waals surface area contributed by atoms with Crippen molar-refractivity contribution in [2.24, 2.45) is 4.99 Å². The maximum atomic E-state index is 13.6. The first-order chi connectivity index (χ1) is 11.6. The molecule has 0 saturated heterocycles. The molecule has 0 saturated carbocycles. The van der Waals surface area contributed by atoms with E-state index in [4.69, 9.17) is 9.26 Å². The molecule has 2 N–H and O–H groups in total. The minimum atomic E-state index is -0.257. The zero-order valence-electron chi connectivity index (χ0n) is 14.0. The van der Waals surface area contributed by atoms with E-state index in [2.05, 4.69) is 25.8 Å². The zero-order chi connectivity index (χ0) is 17.4. The molecule has 0 aliphatic rings. The van der Waals surface area contributed by atoms with E-state index in [0.717, 1.165) is 0 Å². The number of hydrogen-bond acceptors (Lipinski definition) is 5. The number of rotatable bonds is 7. The average molecular weight is 335 g/mol. The van der Waals surface area contributed by atoms with Crippen LogP contribution in [0.4, 0.5) is 4.39 Å². The molecule has 0 aliphatic carbocycles. The minimum Gasteiger partial charge on any atom is -0.371 e. The smallest absolute Gasteiger partial charge is 0.246 e. The van der Waals surface area contributed by atoms with Crippen molar-refractivity contribution in [2.75, 3.05) is 13.7 Å². The number of aliphatic imine (C=N–C) groups is 1. The third-order valence-electron chi connectivity index (χ3n) is 3.30. The lowest BCUT2D eigenvalue weighted by Crippen LogP contribution is -2.36. The van der Waals surface area contributed by atoms with Gasteiger partial charge in [-0.3, -0.25) is 4.99 Å². The van der Waals surface area contributed by atoms with Gasteiger partial charge in [0.25, 0.3) is 0 Å². The summed E-state index contributed by atoms with van der Waals surface area (Å²) >= 11 is 0. The lowest BCUT2D eigenvalue weighted by atomic mass is 10.2. The van der Waals surface area contributed by atoms with Crippen LogP contribution in [0.5, 0.6) is 0 Å². The Labute approximate surface area is 140 Å². The van der Waals surface area contributed by atoms with Gasteiger partial charge in [0.05, 0.1) is 6.54 Å². The van der Waals surface area contributed by atoms with Crippen LogP contribution in [0.3, 0.4) is 0 Å². The average Bonchev–Trinajstić information content (AvgIpc) is 3.06. The Hall–Kier alpha value is -2.48. The van der Waals surface area contributed by atoms with E-state index in [1.165, 1.54) is 6.07 Å². The van der Waals surface area contributed by atoms with E-state index in [9.17, 15) is 4.39 Å². The minimum absolute atomic E-state index is 0.217. The Balaban J connectivity index is 1.84. The van der Waals surface area contributed by atoms with E-state index in [1.54, 1.807) is 25.2 Å². The van der Waals surface area contributed by atoms with Crippen LogP contribution in [0.1, 0.15) is 37.2 Å². The number of halogens is 1. The van der Waals surface area contributed by atoms with Gasteiger partial charge in [0.15, 0.2) is 11.8 Å². The molecule has 2 aromatic rings. The summed E-state index contributed by atoms with van der Waals surface area (Å²) in [5, 5.41) is 9.95. The fraction of sp³-hybridized carbons (Fsp3) is 0.438. The number of benzene rings is 1. The van der Waals surface area contributed by atoms with Crippen molar-refractivity contribution in [1.29, 1.82) is 0 Å². The van der Waals surface area contributed by atoms with Gasteiger partial charge in [-0.05, 0) is 19.9 Å². The molecule has 2 rings (SSSR count). The molecule has 8 heteroatoms. The summed E-state index contributed by atoms with van der Waals surface area (Å²) < 4.78 is 24.2. The first kappa shape index (κ1) is 17.9. The van der Waals surface area contributed by atoms with Gasteiger partial charge >= 0.3 is 0 Å². The van der Waals surface area contributed by atoms with Crippen LogP contribution >= 0.6 is 0 Å². The van der Waals surface area contributed by atoms with Gasteiger partial charge < -0.3 is 19.9 Å². The molecule has 1 atom stereocenters. The van der Waals surface area contributed by atoms with Gasteiger partial charge in [0, 0.05) is 25.8 Å². The third-order valence-corrected chi connectivity index (χ3v) is 3.30. The second-order valence-corrected chi connectivity index (χ2v) is 5.01. The number of hydrogen-bond donors (Lipinski definition) is 2. The highest BCUT2D eigenvalue weighted by Crippen LogP contribution is 2.12. The van der Waals surface area contributed by atoms with E-state index in [0.29, 0.717) is 42.9 Å². The van der Waals surface area contributed by atoms with Gasteiger partial charge in [-0.2, -0.15) is 4.98 Å². The van der Waals surface area contributed by atoms with Gasteiger partial charge in [-0.1, -0.05) is 23.4 Å². The molecule has 0 amide bonds. The Morgan fingerprint density at radius 3 is 2.79 bits per heavy atom. The maximum absolute atomic E-state index is 13.6. The number of nitrogens with one attached hydrogen (secondary N) is 2. The van der Waals surface area contributed by atoms with Crippen LogP contribution in [0, 0.1) is 5.82 Å². The SMILES string of the molecule is CCOC(C)c1noc(CNC(=NC)NCc2ccccc2F)n1. The normalized spacial score (nSPS) is 12.9. The molecule has 130 valence electrons. The molecule has 0 bridgehead atoms. The molecule has 24 heavy (non-hydrogen) atoms. The maximum Gasteiger partial charge on any atom is 0.246 e. The molecular weight excluding hydrogens is 313 g/mol. The van der Waals surface area contributed by atoms with Crippen molar-refractivity contribution in [3.63, 3.8) is 0 Å². The van der Waals surface area contributed by atoms with Crippen LogP contribution in [0.15, 0.2) is 33.8 Å². The summed E-state index contributed by atoms with van der Waals surface area (Å²) in [5.74, 6) is 1.18. The fourth-order valence-corrected chi connectivity index (χ4v) is 2.03. The molecule has 0 fully saturated rings. The predicted octanol–water partition coefficient (Wildman–Crippen LogP) is 2.17. The van der Waals surface area contributed by atoms with Gasteiger partial charge in [-0.15, -0.1) is 0 Å². The summed E-state index contributed by atoms with van der Waals surface area (Å²) in [6.45, 7) is 4.98. The van der Waals surface area contributed by atoms with Crippen molar-refractivity contribution in [3.8, 4) is 0 Å². The molecular formula is C16H22FN5O2. The lowest BCUT2D eigenvalue weighted by Gasteiger charge is -2.10. The Morgan fingerprint density at radius 2 is 2.08 bits per heavy atom. The van der Waals surface area contributed by atoms with Crippen molar-refractivity contribution in [2.45, 2.75) is 33.0 Å². The van der Waals surface area contributed by atoms with Crippen molar-refractivity contribution in [3.05, 3.63) is 47.4 Å². The number of aromatic nitrogens is 2. The van der Waals surface area contributed by atoms with E-state index in [1.807, 2.05) is 13.8 Å². The predicted molar refractivity (Wildman–Crippen MR) is 87.8 cm³/mol. The zero-order valence-corrected chi connectivity index (χ0v) is 14.0. The van der Waals surface area contributed by atoms with Gasteiger partial charge in [0.1, 0.15) is 11.9 Å². The van der Waals surface area contributed by atoms with Crippen LogP contribution in [-0.2, 0) is 17.8 Å². The molecule has 1 heterocycles. The standard InChI is InChI=1S/C16H22FN5O2/c1-4-23-11(2)15-21-14(24-22-15)10-20-16(18-3)19-9-12-7-5-6-8-13(12)17/h5-8,11H,4,9-10H2,1-3H3,(H2,18,19,20). The van der Waals surface area contributed by atoms with Crippen LogP contribution < -0.4 is 10.6 Å². The first-order valence-corrected chi connectivity index (χ1v) is 7.76. The number of guanidine groups is 1. The molecule has 7 nitrogen and oxygen atoms in total. The van der Waals surface area contributed by atoms with Gasteiger partial charge in [-0.25, -0.2) is 4.39 Å². The Morgan fingerprint density at radius 1 is 1.33 bits per heavy atom. The number of nitrogens with zero attached hydrogens (tertiary/aromatic N) is 3. The summed E-state index contributed by atoms with van der Waals surface area (Å²) in [6.07, 6.45) is -0.217. The molecule has 0 radical (unpaired) electrons. The third kappa shape index (κ3) is 5.02. The second-order valence-electron chi connectivity index (χ2n) is 5.01. The molecule has 0 spiro atoms. The van der Waals surface area contributed by atoms with E-state index in [-0.39, 0.29) is 11.9 Å². The molecule has 0 aliphatic heterocycles. The highest BCUT2D eigenvalue weighted by atomic mass is 19.1. The summed E-state index contributed by atoms with van der Waals surface area (Å²) in [5.41, 5.74) is 0.561. The van der Waals surface area contributed by atoms with Crippen molar-refractivity contribution < 1.29 is 13.7 Å².